The molecule has 1 aliphatic heterocycles. The van der Waals surface area contributed by atoms with E-state index >= 15 is 0 Å². The van der Waals surface area contributed by atoms with Crippen LogP contribution in [0, 0.1) is 12.3 Å². The summed E-state index contributed by atoms with van der Waals surface area (Å²) in [5, 5.41) is 2.91. The zero-order valence-corrected chi connectivity index (χ0v) is 19.2. The van der Waals surface area contributed by atoms with Crippen LogP contribution in [0.1, 0.15) is 58.1 Å². The molecule has 7 nitrogen and oxygen atoms in total. The maximum atomic E-state index is 12.8. The highest BCUT2D eigenvalue weighted by Gasteiger charge is 2.37. The number of Topliss-reactive ketones (excluding diaryl/α,β-unsaturated/α-hetero) is 1. The third-order valence-electron chi connectivity index (χ3n) is 6.11. The van der Waals surface area contributed by atoms with Crippen LogP contribution in [0.2, 0.25) is 0 Å². The molecule has 1 aromatic carbocycles. The standard InChI is InChI=1S/C25H32N2O5/c1-17-22-20(28)14-25(2,3)15-21(22)32-23(17)24(29)26-16-18-5-4-6-19(13-18)31-12-9-27-7-10-30-11-8-27/h4-6,13H,7-12,14-16H2,1-3H3,(H,26,29). The van der Waals surface area contributed by atoms with E-state index in [0.717, 1.165) is 44.2 Å². The van der Waals surface area contributed by atoms with E-state index in [1.807, 2.05) is 38.1 Å². The minimum absolute atomic E-state index is 0.0541. The molecule has 2 heterocycles. The van der Waals surface area contributed by atoms with Crippen molar-refractivity contribution in [3.63, 3.8) is 0 Å². The third-order valence-corrected chi connectivity index (χ3v) is 6.11. The summed E-state index contributed by atoms with van der Waals surface area (Å²) in [6.45, 7) is 11.1. The Hall–Kier alpha value is -2.64. The van der Waals surface area contributed by atoms with Crippen molar-refractivity contribution in [1.82, 2.24) is 10.2 Å². The fraction of sp³-hybridized carbons (Fsp3) is 0.520. The monoisotopic (exact) mass is 440 g/mol. The lowest BCUT2D eigenvalue weighted by Crippen LogP contribution is -2.38. The van der Waals surface area contributed by atoms with Gasteiger partial charge >= 0.3 is 0 Å². The number of ether oxygens (including phenoxy) is 2. The number of rotatable bonds is 7. The molecule has 1 aliphatic carbocycles. The van der Waals surface area contributed by atoms with Gasteiger partial charge in [0.25, 0.3) is 5.91 Å². The summed E-state index contributed by atoms with van der Waals surface area (Å²) in [5.74, 6) is 1.39. The van der Waals surface area contributed by atoms with E-state index in [1.165, 1.54) is 0 Å². The molecule has 7 heteroatoms. The van der Waals surface area contributed by atoms with E-state index in [4.69, 9.17) is 13.9 Å². The zero-order chi connectivity index (χ0) is 22.7. The van der Waals surface area contributed by atoms with Gasteiger partial charge in [0.05, 0.1) is 18.8 Å². The Labute approximate surface area is 189 Å². The average molecular weight is 441 g/mol. The van der Waals surface area contributed by atoms with Gasteiger partial charge in [0.1, 0.15) is 18.1 Å². The lowest BCUT2D eigenvalue weighted by molar-refractivity contribution is 0.0322. The molecule has 1 N–H and O–H groups in total. The number of nitrogens with one attached hydrogen (secondary N) is 1. The van der Waals surface area contributed by atoms with Crippen molar-refractivity contribution < 1.29 is 23.5 Å². The van der Waals surface area contributed by atoms with Crippen molar-refractivity contribution in [3.05, 3.63) is 52.5 Å². The van der Waals surface area contributed by atoms with Crippen molar-refractivity contribution in [2.45, 2.75) is 40.2 Å². The van der Waals surface area contributed by atoms with Crippen LogP contribution in [-0.2, 0) is 17.7 Å². The van der Waals surface area contributed by atoms with Gasteiger partial charge in [-0.1, -0.05) is 26.0 Å². The maximum Gasteiger partial charge on any atom is 0.287 e. The summed E-state index contributed by atoms with van der Waals surface area (Å²) in [4.78, 5) is 27.7. The molecule has 1 saturated heterocycles. The Morgan fingerprint density at radius 2 is 2.00 bits per heavy atom. The Bertz CT molecular complexity index is 988. The van der Waals surface area contributed by atoms with E-state index < -0.39 is 0 Å². The molecule has 0 spiro atoms. The predicted molar refractivity (Wildman–Crippen MR) is 120 cm³/mol. The van der Waals surface area contributed by atoms with Gasteiger partial charge in [-0.3, -0.25) is 14.5 Å². The third kappa shape index (κ3) is 5.22. The van der Waals surface area contributed by atoms with E-state index in [1.54, 1.807) is 6.92 Å². The topological polar surface area (TPSA) is 81.0 Å². The minimum Gasteiger partial charge on any atom is -0.492 e. The van der Waals surface area contributed by atoms with Crippen LogP contribution in [-0.4, -0.2) is 56.0 Å². The van der Waals surface area contributed by atoms with Gasteiger partial charge in [0.2, 0.25) is 0 Å². The first-order valence-electron chi connectivity index (χ1n) is 11.3. The van der Waals surface area contributed by atoms with E-state index in [0.29, 0.717) is 42.9 Å². The van der Waals surface area contributed by atoms with Crippen LogP contribution in [0.4, 0.5) is 0 Å². The molecule has 1 aromatic heterocycles. The maximum absolute atomic E-state index is 12.8. The predicted octanol–water partition coefficient (Wildman–Crippen LogP) is 3.38. The van der Waals surface area contributed by atoms with Gasteiger partial charge in [-0.05, 0) is 30.0 Å². The van der Waals surface area contributed by atoms with Crippen molar-refractivity contribution in [1.29, 1.82) is 0 Å². The normalized spacial score (nSPS) is 18.3. The highest BCUT2D eigenvalue weighted by Crippen LogP contribution is 2.38. The molecular weight excluding hydrogens is 408 g/mol. The molecule has 0 radical (unpaired) electrons. The van der Waals surface area contributed by atoms with Gasteiger partial charge < -0.3 is 19.2 Å². The number of nitrogens with zero attached hydrogens (tertiary/aromatic N) is 1. The first-order chi connectivity index (χ1) is 15.3. The molecule has 32 heavy (non-hydrogen) atoms. The molecule has 4 rings (SSSR count). The zero-order valence-electron chi connectivity index (χ0n) is 19.2. The van der Waals surface area contributed by atoms with Crippen molar-refractivity contribution in [2.24, 2.45) is 5.41 Å². The highest BCUT2D eigenvalue weighted by atomic mass is 16.5. The Morgan fingerprint density at radius 1 is 1.22 bits per heavy atom. The van der Waals surface area contributed by atoms with Gasteiger partial charge in [-0.15, -0.1) is 0 Å². The number of furan rings is 1. The molecule has 0 unspecified atom stereocenters. The van der Waals surface area contributed by atoms with Crippen LogP contribution in [0.25, 0.3) is 0 Å². The second-order valence-corrected chi connectivity index (χ2v) is 9.43. The first-order valence-corrected chi connectivity index (χ1v) is 11.3. The van der Waals surface area contributed by atoms with Crippen LogP contribution < -0.4 is 10.1 Å². The molecule has 0 saturated carbocycles. The number of carbonyl (C=O) groups is 2. The van der Waals surface area contributed by atoms with Gasteiger partial charge in [0.15, 0.2) is 11.5 Å². The average Bonchev–Trinajstić information content (AvgIpc) is 3.08. The quantitative estimate of drug-likeness (QED) is 0.711. The van der Waals surface area contributed by atoms with Gasteiger partial charge in [-0.25, -0.2) is 0 Å². The number of hydrogen-bond acceptors (Lipinski definition) is 6. The number of carbonyl (C=O) groups excluding carboxylic acids is 2. The minimum atomic E-state index is -0.304. The lowest BCUT2D eigenvalue weighted by atomic mass is 9.76. The van der Waals surface area contributed by atoms with Crippen LogP contribution in [0.5, 0.6) is 5.75 Å². The fourth-order valence-electron chi connectivity index (χ4n) is 4.42. The summed E-state index contributed by atoms with van der Waals surface area (Å²) in [5.41, 5.74) is 2.02. The molecule has 2 aromatic rings. The van der Waals surface area contributed by atoms with E-state index in [-0.39, 0.29) is 22.9 Å². The Balaban J connectivity index is 1.33. The summed E-state index contributed by atoms with van der Waals surface area (Å²) in [6.07, 6.45) is 1.13. The van der Waals surface area contributed by atoms with E-state index in [2.05, 4.69) is 10.2 Å². The molecule has 2 aliphatic rings. The molecule has 1 fully saturated rings. The number of fused-ring (bicyclic) bond motifs is 1. The Morgan fingerprint density at radius 3 is 2.78 bits per heavy atom. The number of hydrogen-bond donors (Lipinski definition) is 1. The lowest BCUT2D eigenvalue weighted by Gasteiger charge is -2.27. The van der Waals surface area contributed by atoms with Crippen LogP contribution >= 0.6 is 0 Å². The second kappa shape index (κ2) is 9.46. The number of ketones is 1. The number of amides is 1. The smallest absolute Gasteiger partial charge is 0.287 e. The van der Waals surface area contributed by atoms with Crippen LogP contribution in [0.15, 0.2) is 28.7 Å². The molecule has 0 atom stereocenters. The highest BCUT2D eigenvalue weighted by molar-refractivity contribution is 6.03. The molecule has 0 bridgehead atoms. The van der Waals surface area contributed by atoms with Gasteiger partial charge in [-0.2, -0.15) is 0 Å². The van der Waals surface area contributed by atoms with Gasteiger partial charge in [0, 0.05) is 44.6 Å². The largest absolute Gasteiger partial charge is 0.492 e. The summed E-state index contributed by atoms with van der Waals surface area (Å²) in [7, 11) is 0. The molecule has 172 valence electrons. The second-order valence-electron chi connectivity index (χ2n) is 9.43. The van der Waals surface area contributed by atoms with E-state index in [9.17, 15) is 9.59 Å². The SMILES string of the molecule is Cc1c(C(=O)NCc2cccc(OCCN3CCOCC3)c2)oc2c1C(=O)CC(C)(C)C2. The molecular formula is C25H32N2O5. The fourth-order valence-corrected chi connectivity index (χ4v) is 4.42. The summed E-state index contributed by atoms with van der Waals surface area (Å²) >= 11 is 0. The van der Waals surface area contributed by atoms with Crippen molar-refractivity contribution >= 4 is 11.7 Å². The van der Waals surface area contributed by atoms with Crippen molar-refractivity contribution in [3.8, 4) is 5.75 Å². The number of benzene rings is 1. The van der Waals surface area contributed by atoms with Crippen molar-refractivity contribution in [2.75, 3.05) is 39.5 Å². The number of morpholine rings is 1. The first kappa shape index (κ1) is 22.6. The van der Waals surface area contributed by atoms with Crippen LogP contribution in [0.3, 0.4) is 0 Å². The Kier molecular flexibility index (Phi) is 6.67. The summed E-state index contributed by atoms with van der Waals surface area (Å²) in [6, 6.07) is 7.72. The summed E-state index contributed by atoms with van der Waals surface area (Å²) < 4.78 is 17.1. The molecule has 1 amide bonds.